The van der Waals surface area contributed by atoms with Crippen LogP contribution in [0.2, 0.25) is 5.02 Å². The topological polar surface area (TPSA) is 29.3 Å². The fraction of sp³-hybridized carbons (Fsp3) is 0.429. The van der Waals surface area contributed by atoms with Crippen LogP contribution < -0.4 is 5.73 Å². The number of nitrogens with zero attached hydrogens (tertiary/aromatic N) is 1. The predicted octanol–water partition coefficient (Wildman–Crippen LogP) is 5.34. The molecule has 2 aliphatic rings. The van der Waals surface area contributed by atoms with Crippen LogP contribution in [-0.2, 0) is 18.5 Å². The first-order valence-electron chi connectivity index (χ1n) is 8.97. The molecule has 5 heteroatoms. The molecular formula is C21H27Cl3N2. The van der Waals surface area contributed by atoms with Gasteiger partial charge in [-0.1, -0.05) is 48.0 Å². The molecule has 142 valence electrons. The average molecular weight is 414 g/mol. The molecule has 0 spiro atoms. The second-order valence-corrected chi connectivity index (χ2v) is 7.84. The Labute approximate surface area is 173 Å². The maximum atomic E-state index is 6.23. The van der Waals surface area contributed by atoms with E-state index in [4.69, 9.17) is 17.3 Å². The summed E-state index contributed by atoms with van der Waals surface area (Å²) >= 11 is 6.22. The van der Waals surface area contributed by atoms with E-state index in [1.807, 2.05) is 6.07 Å². The van der Waals surface area contributed by atoms with Crippen LogP contribution in [0.1, 0.15) is 42.4 Å². The van der Waals surface area contributed by atoms with Crippen LogP contribution >= 0.6 is 36.4 Å². The van der Waals surface area contributed by atoms with E-state index in [0.717, 1.165) is 31.0 Å². The Morgan fingerprint density at radius 3 is 2.12 bits per heavy atom. The van der Waals surface area contributed by atoms with E-state index in [9.17, 15) is 0 Å². The van der Waals surface area contributed by atoms with Gasteiger partial charge in [0.2, 0.25) is 0 Å². The third-order valence-corrected chi connectivity index (χ3v) is 6.36. The summed E-state index contributed by atoms with van der Waals surface area (Å²) in [4.78, 5) is 2.66. The molecule has 1 saturated carbocycles. The van der Waals surface area contributed by atoms with Gasteiger partial charge < -0.3 is 5.73 Å². The molecule has 2 aromatic rings. The van der Waals surface area contributed by atoms with Crippen molar-refractivity contribution in [2.24, 2.45) is 5.73 Å². The van der Waals surface area contributed by atoms with Gasteiger partial charge in [0.1, 0.15) is 0 Å². The molecule has 1 aliphatic heterocycles. The van der Waals surface area contributed by atoms with Gasteiger partial charge in [-0.2, -0.15) is 0 Å². The summed E-state index contributed by atoms with van der Waals surface area (Å²) in [6.07, 6.45) is 4.75. The second-order valence-electron chi connectivity index (χ2n) is 7.40. The molecule has 0 atom stereocenters. The summed E-state index contributed by atoms with van der Waals surface area (Å²) < 4.78 is 0. The summed E-state index contributed by atoms with van der Waals surface area (Å²) in [6, 6.07) is 17.8. The van der Waals surface area contributed by atoms with Crippen molar-refractivity contribution in [3.63, 3.8) is 0 Å². The highest BCUT2D eigenvalue weighted by atomic mass is 35.5. The maximum Gasteiger partial charge on any atom is 0.0408 e. The van der Waals surface area contributed by atoms with Crippen molar-refractivity contribution in [2.45, 2.75) is 50.2 Å². The van der Waals surface area contributed by atoms with Crippen molar-refractivity contribution in [3.05, 3.63) is 70.2 Å². The Kier molecular flexibility index (Phi) is 7.41. The van der Waals surface area contributed by atoms with Gasteiger partial charge in [-0.25, -0.2) is 0 Å². The zero-order valence-electron chi connectivity index (χ0n) is 14.9. The first-order valence-corrected chi connectivity index (χ1v) is 9.35. The van der Waals surface area contributed by atoms with Crippen molar-refractivity contribution in [1.29, 1.82) is 0 Å². The number of fused-ring (bicyclic) bond motifs is 1. The maximum absolute atomic E-state index is 6.23. The molecule has 26 heavy (non-hydrogen) atoms. The molecular weight excluding hydrogens is 387 g/mol. The lowest BCUT2D eigenvalue weighted by atomic mass is 9.68. The molecule has 0 amide bonds. The van der Waals surface area contributed by atoms with E-state index >= 15 is 0 Å². The van der Waals surface area contributed by atoms with Crippen LogP contribution in [0.4, 0.5) is 0 Å². The van der Waals surface area contributed by atoms with Gasteiger partial charge in [-0.05, 0) is 54.5 Å². The van der Waals surface area contributed by atoms with E-state index in [1.54, 1.807) is 0 Å². The Morgan fingerprint density at radius 2 is 1.58 bits per heavy atom. The monoisotopic (exact) mass is 412 g/mol. The number of hydrogen-bond acceptors (Lipinski definition) is 2. The van der Waals surface area contributed by atoms with Gasteiger partial charge in [0.15, 0.2) is 0 Å². The van der Waals surface area contributed by atoms with Crippen LogP contribution in [0.15, 0.2) is 48.5 Å². The van der Waals surface area contributed by atoms with Crippen LogP contribution in [0.3, 0.4) is 0 Å². The van der Waals surface area contributed by atoms with Gasteiger partial charge >= 0.3 is 0 Å². The zero-order valence-corrected chi connectivity index (χ0v) is 17.3. The first-order chi connectivity index (χ1) is 11.7. The second kappa shape index (κ2) is 8.95. The number of halogens is 3. The molecule has 2 aromatic carbocycles. The molecule has 0 unspecified atom stereocenters. The first kappa shape index (κ1) is 21.5. The quantitative estimate of drug-likeness (QED) is 0.736. The Balaban J connectivity index is 0.00000121. The SMILES string of the molecule is Cl.Cl.NC[C@]1(c2cccc(Cl)c2)CC[C@H](N2Cc3ccccc3C2)CC1. The molecule has 0 bridgehead atoms. The van der Waals surface area contributed by atoms with Crippen LogP contribution in [0.5, 0.6) is 0 Å². The minimum absolute atomic E-state index is 0. The molecule has 2 nitrogen and oxygen atoms in total. The fourth-order valence-electron chi connectivity index (χ4n) is 4.57. The summed E-state index contributed by atoms with van der Waals surface area (Å²) in [7, 11) is 0. The smallest absolute Gasteiger partial charge is 0.0408 e. The van der Waals surface area contributed by atoms with Gasteiger partial charge in [0, 0.05) is 36.1 Å². The number of rotatable bonds is 3. The molecule has 1 aliphatic carbocycles. The Morgan fingerprint density at radius 1 is 0.962 bits per heavy atom. The van der Waals surface area contributed by atoms with Gasteiger partial charge in [-0.3, -0.25) is 4.90 Å². The summed E-state index contributed by atoms with van der Waals surface area (Å²) in [5, 5.41) is 0.817. The van der Waals surface area contributed by atoms with Crippen molar-refractivity contribution < 1.29 is 0 Å². The van der Waals surface area contributed by atoms with Crippen LogP contribution in [0, 0.1) is 0 Å². The molecule has 1 fully saturated rings. The summed E-state index contributed by atoms with van der Waals surface area (Å²) in [5.41, 5.74) is 10.7. The third-order valence-electron chi connectivity index (χ3n) is 6.12. The molecule has 1 heterocycles. The molecule has 2 N–H and O–H groups in total. The fourth-order valence-corrected chi connectivity index (χ4v) is 4.76. The Bertz CT molecular complexity index is 702. The molecule has 0 saturated heterocycles. The average Bonchev–Trinajstić information content (AvgIpc) is 3.06. The van der Waals surface area contributed by atoms with E-state index in [1.165, 1.54) is 29.5 Å². The van der Waals surface area contributed by atoms with Crippen molar-refractivity contribution >= 4 is 36.4 Å². The van der Waals surface area contributed by atoms with Crippen LogP contribution in [0.25, 0.3) is 0 Å². The van der Waals surface area contributed by atoms with Crippen molar-refractivity contribution in [3.8, 4) is 0 Å². The van der Waals surface area contributed by atoms with E-state index in [2.05, 4.69) is 47.4 Å². The predicted molar refractivity (Wildman–Crippen MR) is 115 cm³/mol. The van der Waals surface area contributed by atoms with E-state index in [0.29, 0.717) is 12.6 Å². The number of hydrogen-bond donors (Lipinski definition) is 1. The summed E-state index contributed by atoms with van der Waals surface area (Å²) in [6.45, 7) is 2.92. The highest BCUT2D eigenvalue weighted by molar-refractivity contribution is 6.30. The molecule has 0 radical (unpaired) electrons. The summed E-state index contributed by atoms with van der Waals surface area (Å²) in [5.74, 6) is 0. The Hall–Kier alpha value is -0.770. The number of nitrogens with two attached hydrogens (primary N) is 1. The normalized spacial score (nSPS) is 25.1. The highest BCUT2D eigenvalue weighted by Crippen LogP contribution is 2.42. The molecule has 4 rings (SSSR count). The van der Waals surface area contributed by atoms with E-state index < -0.39 is 0 Å². The lowest BCUT2D eigenvalue weighted by Gasteiger charge is -2.42. The van der Waals surface area contributed by atoms with Gasteiger partial charge in [-0.15, -0.1) is 24.8 Å². The lowest BCUT2D eigenvalue weighted by molar-refractivity contribution is 0.124. The largest absolute Gasteiger partial charge is 0.330 e. The minimum atomic E-state index is 0. The minimum Gasteiger partial charge on any atom is -0.330 e. The highest BCUT2D eigenvalue weighted by Gasteiger charge is 2.38. The lowest BCUT2D eigenvalue weighted by Crippen LogP contribution is -2.44. The van der Waals surface area contributed by atoms with Gasteiger partial charge in [0.25, 0.3) is 0 Å². The molecule has 0 aromatic heterocycles. The van der Waals surface area contributed by atoms with E-state index in [-0.39, 0.29) is 30.2 Å². The van der Waals surface area contributed by atoms with Crippen molar-refractivity contribution in [1.82, 2.24) is 4.90 Å². The van der Waals surface area contributed by atoms with Crippen LogP contribution in [-0.4, -0.2) is 17.5 Å². The number of benzene rings is 2. The van der Waals surface area contributed by atoms with Crippen molar-refractivity contribution in [2.75, 3.05) is 6.54 Å². The van der Waals surface area contributed by atoms with Gasteiger partial charge in [0.05, 0.1) is 0 Å². The standard InChI is InChI=1S/C21H25ClN2.2ClH/c22-19-7-3-6-18(12-19)21(15-23)10-8-20(9-11-21)24-13-16-4-1-2-5-17(16)14-24;;/h1-7,12,20H,8-11,13-15,23H2;2*1H/t20-,21-;;. The third kappa shape index (κ3) is 4.05. The zero-order chi connectivity index (χ0) is 16.6.